The molecule has 2 fully saturated rings. The van der Waals surface area contributed by atoms with Crippen LogP contribution in [0.5, 0.6) is 5.75 Å². The number of nitrogens with one attached hydrogen (secondary N) is 1. The summed E-state index contributed by atoms with van der Waals surface area (Å²) in [5.74, 6) is 3.95. The van der Waals surface area contributed by atoms with E-state index in [1.807, 2.05) is 0 Å². The topological polar surface area (TPSA) is 21.3 Å². The zero-order valence-electron chi connectivity index (χ0n) is 12.4. The fourth-order valence-corrected chi connectivity index (χ4v) is 4.96. The van der Waals surface area contributed by atoms with Crippen LogP contribution >= 0.6 is 0 Å². The highest BCUT2D eigenvalue weighted by atomic mass is 16.5. The smallest absolute Gasteiger partial charge is 0.127 e. The van der Waals surface area contributed by atoms with E-state index in [1.165, 1.54) is 49.0 Å². The van der Waals surface area contributed by atoms with Gasteiger partial charge in [-0.1, -0.05) is 24.6 Å². The SMILES string of the molecule is CNC(c1cccc2c1OCCC2)C1CC2CCC1C2. The number of benzene rings is 1. The van der Waals surface area contributed by atoms with Crippen LogP contribution in [0, 0.1) is 17.8 Å². The maximum Gasteiger partial charge on any atom is 0.127 e. The summed E-state index contributed by atoms with van der Waals surface area (Å²) < 4.78 is 6.04. The summed E-state index contributed by atoms with van der Waals surface area (Å²) in [5, 5.41) is 3.62. The Labute approximate surface area is 121 Å². The van der Waals surface area contributed by atoms with Crippen LogP contribution in [0.4, 0.5) is 0 Å². The van der Waals surface area contributed by atoms with Gasteiger partial charge in [-0.3, -0.25) is 0 Å². The Hall–Kier alpha value is -1.02. The van der Waals surface area contributed by atoms with Gasteiger partial charge in [-0.2, -0.15) is 0 Å². The predicted molar refractivity (Wildman–Crippen MR) is 81.0 cm³/mol. The molecular formula is C18H25NO. The van der Waals surface area contributed by atoms with Gasteiger partial charge in [0, 0.05) is 11.6 Å². The van der Waals surface area contributed by atoms with Crippen LogP contribution < -0.4 is 10.1 Å². The molecular weight excluding hydrogens is 246 g/mol. The van der Waals surface area contributed by atoms with E-state index < -0.39 is 0 Å². The van der Waals surface area contributed by atoms with Crippen LogP contribution in [0.15, 0.2) is 18.2 Å². The molecule has 2 nitrogen and oxygen atoms in total. The highest BCUT2D eigenvalue weighted by Crippen LogP contribution is 2.53. The fourth-order valence-electron chi connectivity index (χ4n) is 4.96. The van der Waals surface area contributed by atoms with Crippen molar-refractivity contribution in [3.8, 4) is 5.75 Å². The minimum atomic E-state index is 0.485. The average molecular weight is 271 g/mol. The molecule has 0 spiro atoms. The second kappa shape index (κ2) is 5.07. The molecule has 108 valence electrons. The Balaban J connectivity index is 1.68. The van der Waals surface area contributed by atoms with Crippen LogP contribution in [0.1, 0.15) is 49.3 Å². The molecule has 0 amide bonds. The van der Waals surface area contributed by atoms with Gasteiger partial charge in [0.15, 0.2) is 0 Å². The minimum absolute atomic E-state index is 0.485. The summed E-state index contributed by atoms with van der Waals surface area (Å²) in [6.07, 6.45) is 8.15. The molecule has 2 heteroatoms. The third-order valence-electron chi connectivity index (χ3n) is 5.83. The van der Waals surface area contributed by atoms with E-state index in [-0.39, 0.29) is 0 Å². The van der Waals surface area contributed by atoms with Crippen molar-refractivity contribution < 1.29 is 4.74 Å². The van der Waals surface area contributed by atoms with E-state index in [4.69, 9.17) is 4.74 Å². The van der Waals surface area contributed by atoms with Crippen molar-refractivity contribution in [2.75, 3.05) is 13.7 Å². The maximum atomic E-state index is 6.04. The summed E-state index contributed by atoms with van der Waals surface area (Å²) in [5.41, 5.74) is 2.83. The Morgan fingerprint density at radius 2 is 2.20 bits per heavy atom. The van der Waals surface area contributed by atoms with Crippen LogP contribution in [-0.4, -0.2) is 13.7 Å². The molecule has 3 aliphatic rings. The van der Waals surface area contributed by atoms with Gasteiger partial charge in [0.25, 0.3) is 0 Å². The van der Waals surface area contributed by atoms with Gasteiger partial charge in [0.2, 0.25) is 0 Å². The lowest BCUT2D eigenvalue weighted by atomic mass is 9.79. The summed E-state index contributed by atoms with van der Waals surface area (Å²) >= 11 is 0. The molecule has 4 atom stereocenters. The molecule has 1 heterocycles. The molecule has 20 heavy (non-hydrogen) atoms. The minimum Gasteiger partial charge on any atom is -0.493 e. The monoisotopic (exact) mass is 271 g/mol. The first kappa shape index (κ1) is 12.7. The summed E-state index contributed by atoms with van der Waals surface area (Å²) in [6.45, 7) is 0.886. The summed E-state index contributed by atoms with van der Waals surface area (Å²) in [6, 6.07) is 7.24. The first-order valence-electron chi connectivity index (χ1n) is 8.28. The second-order valence-electron chi connectivity index (χ2n) is 6.89. The van der Waals surface area contributed by atoms with E-state index in [0.29, 0.717) is 6.04 Å². The van der Waals surface area contributed by atoms with E-state index in [1.54, 1.807) is 0 Å². The number of rotatable bonds is 3. The standard InChI is InChI=1S/C18H25NO/c1-19-17(16-11-12-7-8-14(16)10-12)15-6-2-4-13-5-3-9-20-18(13)15/h2,4,6,12,14,16-17,19H,3,5,7-11H2,1H3. The number of aryl methyl sites for hydroxylation is 1. The van der Waals surface area contributed by atoms with Gasteiger partial charge in [0.1, 0.15) is 5.75 Å². The molecule has 1 aromatic carbocycles. The Kier molecular flexibility index (Phi) is 3.22. The van der Waals surface area contributed by atoms with Gasteiger partial charge >= 0.3 is 0 Å². The number of para-hydroxylation sites is 1. The third-order valence-corrected chi connectivity index (χ3v) is 5.83. The summed E-state index contributed by atoms with van der Waals surface area (Å²) in [4.78, 5) is 0. The number of hydrogen-bond donors (Lipinski definition) is 1. The number of ether oxygens (including phenoxy) is 1. The van der Waals surface area contributed by atoms with Gasteiger partial charge in [-0.25, -0.2) is 0 Å². The number of fused-ring (bicyclic) bond motifs is 3. The summed E-state index contributed by atoms with van der Waals surface area (Å²) in [7, 11) is 2.12. The molecule has 4 rings (SSSR count). The van der Waals surface area contributed by atoms with Crippen molar-refractivity contribution >= 4 is 0 Å². The Bertz CT molecular complexity index is 498. The van der Waals surface area contributed by atoms with Crippen LogP contribution in [0.2, 0.25) is 0 Å². The Morgan fingerprint density at radius 3 is 2.95 bits per heavy atom. The zero-order valence-corrected chi connectivity index (χ0v) is 12.4. The van der Waals surface area contributed by atoms with Crippen molar-refractivity contribution in [1.82, 2.24) is 5.32 Å². The van der Waals surface area contributed by atoms with Crippen molar-refractivity contribution in [3.05, 3.63) is 29.3 Å². The highest BCUT2D eigenvalue weighted by Gasteiger charge is 2.43. The molecule has 1 N–H and O–H groups in total. The molecule has 2 bridgehead atoms. The lowest BCUT2D eigenvalue weighted by Gasteiger charge is -2.33. The van der Waals surface area contributed by atoms with Crippen molar-refractivity contribution in [2.45, 2.75) is 44.6 Å². The van der Waals surface area contributed by atoms with Gasteiger partial charge in [-0.15, -0.1) is 0 Å². The zero-order chi connectivity index (χ0) is 13.5. The van der Waals surface area contributed by atoms with Crippen molar-refractivity contribution in [2.24, 2.45) is 17.8 Å². The van der Waals surface area contributed by atoms with E-state index in [0.717, 1.165) is 30.8 Å². The molecule has 0 radical (unpaired) electrons. The molecule has 2 aliphatic carbocycles. The van der Waals surface area contributed by atoms with Gasteiger partial charge in [-0.05, 0) is 62.5 Å². The third kappa shape index (κ3) is 1.96. The number of hydrogen-bond acceptors (Lipinski definition) is 2. The van der Waals surface area contributed by atoms with Crippen LogP contribution in [0.25, 0.3) is 0 Å². The molecule has 1 aromatic rings. The highest BCUT2D eigenvalue weighted by molar-refractivity contribution is 5.45. The molecule has 4 unspecified atom stereocenters. The fraction of sp³-hybridized carbons (Fsp3) is 0.667. The maximum absolute atomic E-state index is 6.04. The normalized spacial score (nSPS) is 32.8. The van der Waals surface area contributed by atoms with Crippen LogP contribution in [-0.2, 0) is 6.42 Å². The molecule has 0 saturated heterocycles. The van der Waals surface area contributed by atoms with E-state index in [2.05, 4.69) is 30.6 Å². The van der Waals surface area contributed by atoms with E-state index in [9.17, 15) is 0 Å². The van der Waals surface area contributed by atoms with Crippen molar-refractivity contribution in [1.29, 1.82) is 0 Å². The first-order valence-corrected chi connectivity index (χ1v) is 8.28. The van der Waals surface area contributed by atoms with Crippen molar-refractivity contribution in [3.63, 3.8) is 0 Å². The lowest BCUT2D eigenvalue weighted by Crippen LogP contribution is -2.30. The van der Waals surface area contributed by atoms with Gasteiger partial charge < -0.3 is 10.1 Å². The lowest BCUT2D eigenvalue weighted by molar-refractivity contribution is 0.242. The molecule has 2 saturated carbocycles. The van der Waals surface area contributed by atoms with E-state index >= 15 is 0 Å². The van der Waals surface area contributed by atoms with Gasteiger partial charge in [0.05, 0.1) is 6.61 Å². The molecule has 0 aromatic heterocycles. The largest absolute Gasteiger partial charge is 0.493 e. The molecule has 1 aliphatic heterocycles. The average Bonchev–Trinajstić information content (AvgIpc) is 3.11. The predicted octanol–water partition coefficient (Wildman–Crippen LogP) is 3.71. The quantitative estimate of drug-likeness (QED) is 0.905. The second-order valence-corrected chi connectivity index (χ2v) is 6.89. The van der Waals surface area contributed by atoms with Crippen LogP contribution in [0.3, 0.4) is 0 Å². The Morgan fingerprint density at radius 1 is 1.25 bits per heavy atom. The first-order chi connectivity index (χ1) is 9.86.